The van der Waals surface area contributed by atoms with E-state index < -0.39 is 19.4 Å². The molecule has 0 bridgehead atoms. The summed E-state index contributed by atoms with van der Waals surface area (Å²) in [6.07, 6.45) is 2.72. The van der Waals surface area contributed by atoms with Crippen molar-refractivity contribution in [3.05, 3.63) is 0 Å². The molecule has 0 aromatic carbocycles. The van der Waals surface area contributed by atoms with Gasteiger partial charge in [0.15, 0.2) is 0 Å². The van der Waals surface area contributed by atoms with Gasteiger partial charge in [-0.3, -0.25) is 4.79 Å². The Bertz CT molecular complexity index is 251. The van der Waals surface area contributed by atoms with Crippen LogP contribution in [0.1, 0.15) is 53.9 Å². The Balaban J connectivity index is -0.0000000519. The van der Waals surface area contributed by atoms with Crippen LogP contribution in [0.25, 0.3) is 0 Å². The number of hydrogen-bond donors (Lipinski definition) is 7. The molecule has 0 aromatic heterocycles. The zero-order chi connectivity index (χ0) is 18.7. The molecule has 0 aliphatic heterocycles. The molecule has 0 rings (SSSR count). The molecule has 0 radical (unpaired) electrons. The maximum atomic E-state index is 9.37. The molecule has 0 heterocycles. The fraction of sp³-hybridized carbons (Fsp3) is 0.889. The van der Waals surface area contributed by atoms with Crippen LogP contribution in [0.2, 0.25) is 0 Å². The molecule has 0 amide bonds. The van der Waals surface area contributed by atoms with Crippen LogP contribution in [0.5, 0.6) is 0 Å². The molecule has 8 nitrogen and oxygen atoms in total. The van der Waals surface area contributed by atoms with Crippen molar-refractivity contribution < 1.29 is 39.3 Å². The molecule has 12 heteroatoms. The van der Waals surface area contributed by atoms with Crippen LogP contribution in [0.15, 0.2) is 0 Å². The van der Waals surface area contributed by atoms with Gasteiger partial charge in [0.2, 0.25) is 0 Å². The summed E-state index contributed by atoms with van der Waals surface area (Å²) in [5, 5.41) is 7.72. The fourth-order valence-corrected chi connectivity index (χ4v) is 0. The van der Waals surface area contributed by atoms with E-state index in [2.05, 4.69) is 51.3 Å². The van der Waals surface area contributed by atoms with Gasteiger partial charge in [0.05, 0.1) is 0 Å². The number of aliphatic carboxylic acids is 1. The van der Waals surface area contributed by atoms with Crippen molar-refractivity contribution in [2.45, 2.75) is 53.9 Å². The van der Waals surface area contributed by atoms with Crippen molar-refractivity contribution in [1.29, 1.82) is 0 Å². The lowest BCUT2D eigenvalue weighted by molar-refractivity contribution is -0.136. The van der Waals surface area contributed by atoms with Gasteiger partial charge in [0.25, 0.3) is 0 Å². The second kappa shape index (κ2) is 22.8. The van der Waals surface area contributed by atoms with Crippen LogP contribution in [-0.4, -0.2) is 40.4 Å². The third-order valence-electron chi connectivity index (χ3n) is 0.302. The molecule has 21 heavy (non-hydrogen) atoms. The van der Waals surface area contributed by atoms with E-state index in [0.717, 1.165) is 0 Å². The normalized spacial score (nSPS) is 9.10. The van der Waals surface area contributed by atoms with Crippen LogP contribution < -0.4 is 0 Å². The minimum atomic E-state index is -3.81. The fourth-order valence-electron chi connectivity index (χ4n) is 0. The Hall–Kier alpha value is 0.530. The third-order valence-corrected chi connectivity index (χ3v) is 0.302. The highest BCUT2D eigenvalue weighted by molar-refractivity contribution is 8.06. The first-order chi connectivity index (χ1) is 9.10. The summed E-state index contributed by atoms with van der Waals surface area (Å²) in [5.41, 5.74) is 0. The Labute approximate surface area is 136 Å². The van der Waals surface area contributed by atoms with Crippen molar-refractivity contribution in [3.8, 4) is 0 Å². The number of hydrogen-bond acceptors (Lipinski definition) is 3. The summed E-state index contributed by atoms with van der Waals surface area (Å²) in [7, 11) is 0. The summed E-state index contributed by atoms with van der Waals surface area (Å²) in [4.78, 5) is 54.7. The van der Waals surface area contributed by atoms with E-state index >= 15 is 0 Å². The van der Waals surface area contributed by atoms with E-state index in [1.165, 1.54) is 12.8 Å². The molecule has 0 unspecified atom stereocenters. The van der Waals surface area contributed by atoms with Gasteiger partial charge in [-0.15, -0.1) is 0 Å². The Morgan fingerprint density at radius 3 is 0.810 bits per heavy atom. The van der Waals surface area contributed by atoms with Gasteiger partial charge in [-0.05, 0) is 23.6 Å². The maximum Gasteiger partial charge on any atom is 0.319 e. The van der Waals surface area contributed by atoms with Crippen molar-refractivity contribution in [2.24, 2.45) is 0 Å². The zero-order valence-corrected chi connectivity index (χ0v) is 16.3. The van der Waals surface area contributed by atoms with E-state index in [9.17, 15) is 4.79 Å². The smallest absolute Gasteiger partial charge is 0.319 e. The lowest BCUT2D eigenvalue weighted by Gasteiger charge is -1.88. The predicted octanol–water partition coefficient (Wildman–Crippen LogP) is 1.69. The summed E-state index contributed by atoms with van der Waals surface area (Å²) >= 11 is 7.21. The number of carboxylic acids is 1. The van der Waals surface area contributed by atoms with Gasteiger partial charge in [-0.2, -0.15) is 0 Å². The molecule has 7 N–H and O–H groups in total. The summed E-state index contributed by atoms with van der Waals surface area (Å²) in [5.74, 6) is -0.745. The molecule has 0 saturated carbocycles. The van der Waals surface area contributed by atoms with E-state index in [4.69, 9.17) is 34.5 Å². The molecule has 0 spiro atoms. The van der Waals surface area contributed by atoms with Gasteiger partial charge in [0, 0.05) is 6.42 Å². The maximum absolute atomic E-state index is 9.37. The molecule has 0 aromatic rings. The highest BCUT2D eigenvalue weighted by Crippen LogP contribution is 2.26. The van der Waals surface area contributed by atoms with Gasteiger partial charge in [-0.25, -0.2) is 0 Å². The second-order valence-corrected chi connectivity index (χ2v) is 8.18. The molecule has 0 aliphatic rings. The lowest BCUT2D eigenvalue weighted by atomic mass is 10.5. The van der Waals surface area contributed by atoms with Crippen LogP contribution in [0.3, 0.4) is 0 Å². The zero-order valence-electron chi connectivity index (χ0n) is 12.9. The van der Waals surface area contributed by atoms with E-state index in [1.54, 1.807) is 6.92 Å². The largest absolute Gasteiger partial charge is 0.481 e. The number of carbonyl (C=O) groups is 1. The van der Waals surface area contributed by atoms with Crippen molar-refractivity contribution in [3.63, 3.8) is 0 Å². The highest BCUT2D eigenvalue weighted by atomic mass is 32.5. The summed E-state index contributed by atoms with van der Waals surface area (Å²) < 4.78 is 0. The van der Waals surface area contributed by atoms with Crippen LogP contribution in [0.4, 0.5) is 0 Å². The van der Waals surface area contributed by atoms with E-state index in [0.29, 0.717) is 0 Å². The molecule has 134 valence electrons. The first kappa shape index (κ1) is 33.2. The van der Waals surface area contributed by atoms with E-state index in [-0.39, 0.29) is 6.42 Å². The third kappa shape index (κ3) is 1100. The quantitative estimate of drug-likeness (QED) is 0.328. The average Bonchev–Trinajstić information content (AvgIpc) is 2.14. The lowest BCUT2D eigenvalue weighted by Crippen LogP contribution is -1.86. The van der Waals surface area contributed by atoms with Gasteiger partial charge in [0.1, 0.15) is 0 Å². The topological polar surface area (TPSA) is 159 Å². The van der Waals surface area contributed by atoms with E-state index in [1.807, 2.05) is 0 Å². The first-order valence-corrected chi connectivity index (χ1v) is 11.2. The Morgan fingerprint density at radius 2 is 0.810 bits per heavy atom. The molecular formula is C9H28O8P2S2. The summed E-state index contributed by atoms with van der Waals surface area (Å²) in [6, 6.07) is 0. The van der Waals surface area contributed by atoms with Gasteiger partial charge < -0.3 is 34.5 Å². The molecule has 0 saturated heterocycles. The Morgan fingerprint density at radius 1 is 0.762 bits per heavy atom. The van der Waals surface area contributed by atoms with Gasteiger partial charge in [-0.1, -0.05) is 47.5 Å². The Kier molecular flexibility index (Phi) is 36.1. The monoisotopic (exact) mass is 390 g/mol. The van der Waals surface area contributed by atoms with Crippen molar-refractivity contribution in [1.82, 2.24) is 0 Å². The molecule has 0 fully saturated rings. The number of carboxylic acid groups (broad SMARTS) is 1. The molecule has 0 atom stereocenters. The highest BCUT2D eigenvalue weighted by Gasteiger charge is 1.92. The molecule has 0 aliphatic carbocycles. The second-order valence-electron chi connectivity index (χ2n) is 3.19. The minimum Gasteiger partial charge on any atom is -0.481 e. The SMILES string of the molecule is CCC.CCC.CCC(=O)O.OP(O)(O)=S.OP(O)(O)=S. The molecular weight excluding hydrogens is 362 g/mol. The van der Waals surface area contributed by atoms with Crippen molar-refractivity contribution >= 4 is 43.0 Å². The van der Waals surface area contributed by atoms with Crippen LogP contribution >= 0.6 is 13.4 Å². The first-order valence-electron chi connectivity index (χ1n) is 5.88. The summed E-state index contributed by atoms with van der Waals surface area (Å²) in [6.45, 7) is 2.49. The average molecular weight is 390 g/mol. The number of rotatable bonds is 1. The standard InChI is InChI=1S/C3H6O2.2C3H8.2H3O3PS/c1-2-3(4)5;2*1-3-2;2*1-4(2,3)5/h2H2,1H3,(H,4,5);2*3H2,1-2H3;2*(H3,1,2,3,5). The minimum absolute atomic E-state index is 0.222. The van der Waals surface area contributed by atoms with Gasteiger partial charge >= 0.3 is 19.4 Å². The predicted molar refractivity (Wildman–Crippen MR) is 91.7 cm³/mol. The van der Waals surface area contributed by atoms with Crippen molar-refractivity contribution in [2.75, 3.05) is 0 Å². The van der Waals surface area contributed by atoms with Crippen LogP contribution in [0, 0.1) is 0 Å². The van der Waals surface area contributed by atoms with Crippen LogP contribution in [-0.2, 0) is 28.4 Å².